The second kappa shape index (κ2) is 12.9. The lowest BCUT2D eigenvalue weighted by Gasteiger charge is -2.28. The van der Waals surface area contributed by atoms with Crippen molar-refractivity contribution in [1.29, 1.82) is 0 Å². The molecule has 2 aromatic carbocycles. The van der Waals surface area contributed by atoms with Crippen LogP contribution in [0.25, 0.3) is 0 Å². The highest BCUT2D eigenvalue weighted by molar-refractivity contribution is 7.99. The number of rotatable bonds is 12. The zero-order valence-corrected chi connectivity index (χ0v) is 23.6. The van der Waals surface area contributed by atoms with Crippen molar-refractivity contribution in [2.75, 3.05) is 24.3 Å². The van der Waals surface area contributed by atoms with Gasteiger partial charge in [-0.3, -0.25) is 0 Å². The van der Waals surface area contributed by atoms with E-state index in [1.165, 1.54) is 5.56 Å². The van der Waals surface area contributed by atoms with E-state index in [0.717, 1.165) is 29.7 Å². The Bertz CT molecular complexity index is 1290. The van der Waals surface area contributed by atoms with Gasteiger partial charge in [0.15, 0.2) is 11.5 Å². The number of aromatic nitrogens is 3. The lowest BCUT2D eigenvalue weighted by Crippen LogP contribution is -2.30. The van der Waals surface area contributed by atoms with Crippen LogP contribution in [0.5, 0.6) is 11.5 Å². The minimum absolute atomic E-state index is 0.364. The van der Waals surface area contributed by atoms with Crippen molar-refractivity contribution < 1.29 is 19.0 Å². The zero-order valence-electron chi connectivity index (χ0n) is 22.7. The summed E-state index contributed by atoms with van der Waals surface area (Å²) in [5.74, 6) is 2.31. The largest absolute Gasteiger partial charge is 0.490 e. The number of nitrogens with one attached hydrogen (secondary N) is 1. The lowest BCUT2D eigenvalue weighted by molar-refractivity contribution is -0.139. The Morgan fingerprint density at radius 2 is 1.84 bits per heavy atom. The number of unbranched alkanes of at least 4 members (excludes halogenated alkanes) is 1. The predicted molar refractivity (Wildman–Crippen MR) is 150 cm³/mol. The fraction of sp³-hybridized carbons (Fsp3) is 0.414. The number of hydrogen-bond donors (Lipinski definition) is 1. The quantitative estimate of drug-likeness (QED) is 0.164. The summed E-state index contributed by atoms with van der Waals surface area (Å²) in [5, 5.41) is 8.64. The molecule has 0 fully saturated rings. The van der Waals surface area contributed by atoms with E-state index in [-0.39, 0.29) is 5.97 Å². The Morgan fingerprint density at radius 3 is 2.55 bits per heavy atom. The number of thioether (sulfide) groups is 1. The molecule has 1 atom stereocenters. The number of carbonyl (C=O) groups is 1. The Labute approximate surface area is 228 Å². The molecule has 0 saturated heterocycles. The van der Waals surface area contributed by atoms with Gasteiger partial charge in [-0.2, -0.15) is 4.98 Å². The molecule has 38 heavy (non-hydrogen) atoms. The molecular formula is C29H36N4O4S. The van der Waals surface area contributed by atoms with Crippen molar-refractivity contribution in [2.45, 2.75) is 65.3 Å². The number of fused-ring (bicyclic) bond motifs is 1. The van der Waals surface area contributed by atoms with Gasteiger partial charge in [0.2, 0.25) is 11.1 Å². The van der Waals surface area contributed by atoms with Crippen LogP contribution in [0.15, 0.2) is 58.9 Å². The number of hydrogen-bond acceptors (Lipinski definition) is 8. The van der Waals surface area contributed by atoms with E-state index in [4.69, 9.17) is 19.3 Å². The van der Waals surface area contributed by atoms with Crippen LogP contribution < -0.4 is 14.8 Å². The van der Waals surface area contributed by atoms with E-state index in [1.54, 1.807) is 16.4 Å². The average molecular weight is 537 g/mol. The first kappa shape index (κ1) is 27.6. The summed E-state index contributed by atoms with van der Waals surface area (Å²) in [6.45, 7) is 11.3. The van der Waals surface area contributed by atoms with E-state index in [1.807, 2.05) is 32.0 Å². The maximum absolute atomic E-state index is 13.3. The number of carbonyl (C=O) groups excluding carboxylic acids is 1. The molecule has 0 saturated carbocycles. The van der Waals surface area contributed by atoms with Gasteiger partial charge >= 0.3 is 5.97 Å². The SMILES string of the molecule is CCCCOC(=O)C1=C(C)Nc2nc(SCC)nn2C1c1ccc(OCc2ccc(C)cc2)c(OCC)c1. The van der Waals surface area contributed by atoms with E-state index in [2.05, 4.69) is 55.3 Å². The van der Waals surface area contributed by atoms with Crippen molar-refractivity contribution in [2.24, 2.45) is 0 Å². The average Bonchev–Trinajstić information content (AvgIpc) is 3.30. The van der Waals surface area contributed by atoms with Crippen LogP contribution in [0.4, 0.5) is 5.95 Å². The highest BCUT2D eigenvalue weighted by Gasteiger charge is 2.35. The fourth-order valence-corrected chi connectivity index (χ4v) is 4.76. The standard InChI is InChI=1S/C29H36N4O4S/c1-6-9-16-36-27(34)25-20(5)30-28-31-29(38-8-3)32-33(28)26(25)22-14-15-23(24(17-22)35-7-2)37-18-21-12-10-19(4)11-13-21/h10-15,17,26H,6-9,16,18H2,1-5H3,(H,30,31,32). The zero-order chi connectivity index (χ0) is 27.1. The summed E-state index contributed by atoms with van der Waals surface area (Å²) in [4.78, 5) is 18.0. The highest BCUT2D eigenvalue weighted by Crippen LogP contribution is 2.40. The summed E-state index contributed by atoms with van der Waals surface area (Å²) >= 11 is 1.55. The molecule has 0 bridgehead atoms. The smallest absolute Gasteiger partial charge is 0.338 e. The number of allylic oxidation sites excluding steroid dienone is 1. The van der Waals surface area contributed by atoms with Gasteiger partial charge in [-0.1, -0.05) is 67.9 Å². The van der Waals surface area contributed by atoms with Gasteiger partial charge < -0.3 is 19.5 Å². The third kappa shape index (κ3) is 6.32. The third-order valence-electron chi connectivity index (χ3n) is 6.16. The number of ether oxygens (including phenoxy) is 3. The minimum atomic E-state index is -0.524. The Kier molecular flexibility index (Phi) is 9.33. The van der Waals surface area contributed by atoms with Crippen LogP contribution in [0.3, 0.4) is 0 Å². The lowest BCUT2D eigenvalue weighted by atomic mass is 9.95. The van der Waals surface area contributed by atoms with Crippen LogP contribution >= 0.6 is 11.8 Å². The van der Waals surface area contributed by atoms with Gasteiger partial charge in [-0.25, -0.2) is 9.48 Å². The summed E-state index contributed by atoms with van der Waals surface area (Å²) < 4.78 is 19.5. The van der Waals surface area contributed by atoms with Crippen LogP contribution in [0, 0.1) is 6.92 Å². The van der Waals surface area contributed by atoms with E-state index in [9.17, 15) is 4.79 Å². The molecule has 8 nitrogen and oxygen atoms in total. The monoisotopic (exact) mass is 536 g/mol. The first-order valence-electron chi connectivity index (χ1n) is 13.1. The molecule has 1 aromatic heterocycles. The van der Waals surface area contributed by atoms with Crippen LogP contribution in [-0.2, 0) is 16.1 Å². The number of anilines is 1. The number of benzene rings is 2. The van der Waals surface area contributed by atoms with Gasteiger partial charge in [-0.15, -0.1) is 5.10 Å². The van der Waals surface area contributed by atoms with Crippen LogP contribution in [0.1, 0.15) is 63.3 Å². The molecule has 9 heteroatoms. The van der Waals surface area contributed by atoms with Gasteiger partial charge in [0.1, 0.15) is 12.6 Å². The fourth-order valence-electron chi connectivity index (χ4n) is 4.21. The first-order valence-corrected chi connectivity index (χ1v) is 14.1. The number of aryl methyl sites for hydroxylation is 1. The Hall–Kier alpha value is -3.46. The second-order valence-electron chi connectivity index (χ2n) is 9.06. The van der Waals surface area contributed by atoms with Crippen molar-refractivity contribution in [3.8, 4) is 11.5 Å². The second-order valence-corrected chi connectivity index (χ2v) is 10.3. The summed E-state index contributed by atoms with van der Waals surface area (Å²) in [6, 6.07) is 13.5. The molecule has 0 aliphatic carbocycles. The Balaban J connectivity index is 1.70. The van der Waals surface area contributed by atoms with Gasteiger partial charge in [0.05, 0.1) is 18.8 Å². The topological polar surface area (TPSA) is 87.5 Å². The van der Waals surface area contributed by atoms with E-state index >= 15 is 0 Å². The molecule has 0 spiro atoms. The van der Waals surface area contributed by atoms with Crippen LogP contribution in [-0.4, -0.2) is 39.7 Å². The molecule has 202 valence electrons. The molecular weight excluding hydrogens is 500 g/mol. The van der Waals surface area contributed by atoms with Gasteiger partial charge in [0, 0.05) is 5.70 Å². The molecule has 1 aliphatic rings. The van der Waals surface area contributed by atoms with Crippen molar-refractivity contribution in [3.05, 3.63) is 70.4 Å². The molecule has 1 unspecified atom stereocenters. The molecule has 4 rings (SSSR count). The number of esters is 1. The molecule has 0 radical (unpaired) electrons. The summed E-state index contributed by atoms with van der Waals surface area (Å²) in [7, 11) is 0. The summed E-state index contributed by atoms with van der Waals surface area (Å²) in [5.41, 5.74) is 4.31. The molecule has 2 heterocycles. The van der Waals surface area contributed by atoms with Crippen molar-refractivity contribution >= 4 is 23.7 Å². The predicted octanol–water partition coefficient (Wildman–Crippen LogP) is 6.31. The molecule has 1 N–H and O–H groups in total. The normalized spacial score (nSPS) is 14.6. The van der Waals surface area contributed by atoms with Crippen molar-refractivity contribution in [1.82, 2.24) is 14.8 Å². The van der Waals surface area contributed by atoms with E-state index < -0.39 is 6.04 Å². The van der Waals surface area contributed by atoms with Crippen molar-refractivity contribution in [3.63, 3.8) is 0 Å². The summed E-state index contributed by atoms with van der Waals surface area (Å²) in [6.07, 6.45) is 1.75. The van der Waals surface area contributed by atoms with Gasteiger partial charge in [-0.05, 0) is 56.2 Å². The molecule has 3 aromatic rings. The van der Waals surface area contributed by atoms with E-state index in [0.29, 0.717) is 53.7 Å². The molecule has 0 amide bonds. The maximum Gasteiger partial charge on any atom is 0.338 e. The first-order chi connectivity index (χ1) is 18.4. The maximum atomic E-state index is 13.3. The van der Waals surface area contributed by atoms with Gasteiger partial charge in [0.25, 0.3) is 0 Å². The molecule has 1 aliphatic heterocycles. The third-order valence-corrected chi connectivity index (χ3v) is 6.88. The highest BCUT2D eigenvalue weighted by atomic mass is 32.2. The van der Waals surface area contributed by atoms with Crippen LogP contribution in [0.2, 0.25) is 0 Å². The Morgan fingerprint density at radius 1 is 1.05 bits per heavy atom. The minimum Gasteiger partial charge on any atom is -0.490 e. The number of nitrogens with zero attached hydrogens (tertiary/aromatic N) is 3.